The zero-order valence-electron chi connectivity index (χ0n) is 26.0. The van der Waals surface area contributed by atoms with Gasteiger partial charge < -0.3 is 10.6 Å². The number of piperidine rings is 1. The fourth-order valence-corrected chi connectivity index (χ4v) is 6.15. The molecule has 5 rings (SSSR count). The fraction of sp³-hybridized carbons (Fsp3) is 0.316. The Bertz CT molecular complexity index is 1580. The van der Waals surface area contributed by atoms with E-state index in [2.05, 4.69) is 22.5 Å². The Kier molecular flexibility index (Phi) is 10.9. The highest BCUT2D eigenvalue weighted by atomic mass is 19.4. The maximum Gasteiger partial charge on any atom is 0.416 e. The van der Waals surface area contributed by atoms with Crippen LogP contribution in [0.4, 0.5) is 18.9 Å². The number of nitrogens with one attached hydrogen (secondary N) is 2. The van der Waals surface area contributed by atoms with Gasteiger partial charge in [0.2, 0.25) is 5.91 Å². The molecule has 2 N–H and O–H groups in total. The Morgan fingerprint density at radius 1 is 0.826 bits per heavy atom. The van der Waals surface area contributed by atoms with E-state index in [1.807, 2.05) is 54.6 Å². The molecule has 0 spiro atoms. The summed E-state index contributed by atoms with van der Waals surface area (Å²) in [5.41, 5.74) is 3.56. The van der Waals surface area contributed by atoms with Crippen LogP contribution in [0.2, 0.25) is 0 Å². The number of benzene rings is 4. The minimum atomic E-state index is -4.42. The lowest BCUT2D eigenvalue weighted by atomic mass is 9.88. The molecule has 2 amide bonds. The van der Waals surface area contributed by atoms with Gasteiger partial charge in [0, 0.05) is 17.8 Å². The smallest absolute Gasteiger partial charge is 0.354 e. The lowest BCUT2D eigenvalue weighted by molar-refractivity contribution is -0.137. The van der Waals surface area contributed by atoms with Gasteiger partial charge in [0.05, 0.1) is 5.56 Å². The third-order valence-electron chi connectivity index (χ3n) is 8.67. The zero-order chi connectivity index (χ0) is 32.5. The molecule has 0 aromatic heterocycles. The molecule has 4 aromatic rings. The van der Waals surface area contributed by atoms with E-state index in [1.165, 1.54) is 17.7 Å². The van der Waals surface area contributed by atoms with Crippen LogP contribution in [-0.4, -0.2) is 36.3 Å². The zero-order valence-corrected chi connectivity index (χ0v) is 26.0. The standard InChI is InChI=1S/C38H40F3N3O2/c1-2-3-9-24-42-37(46)35(30-10-5-4-6-11-30)44-25-22-28(23-26-44)27-16-20-32(21-17-27)43-36(45)34-13-8-7-12-33(34)29-14-18-31(19-15-29)38(39,40)41/h4-8,10-21,28,35H,2-3,9,22-26H2,1H3,(H,42,46)(H,43,45). The molecule has 1 aliphatic heterocycles. The van der Waals surface area contributed by atoms with E-state index in [0.29, 0.717) is 34.8 Å². The number of hydrogen-bond donors (Lipinski definition) is 2. The third kappa shape index (κ3) is 8.23. The first-order valence-electron chi connectivity index (χ1n) is 16.0. The number of alkyl halides is 3. The van der Waals surface area contributed by atoms with Gasteiger partial charge in [-0.25, -0.2) is 0 Å². The molecule has 46 heavy (non-hydrogen) atoms. The minimum absolute atomic E-state index is 0.0562. The van der Waals surface area contributed by atoms with Gasteiger partial charge in [0.1, 0.15) is 6.04 Å². The molecule has 1 aliphatic rings. The molecule has 5 nitrogen and oxygen atoms in total. The summed E-state index contributed by atoms with van der Waals surface area (Å²) in [4.78, 5) is 28.9. The highest BCUT2D eigenvalue weighted by Crippen LogP contribution is 2.34. The molecule has 1 unspecified atom stereocenters. The SMILES string of the molecule is CCCCCNC(=O)C(c1ccccc1)N1CCC(c2ccc(NC(=O)c3ccccc3-c3ccc(C(F)(F)F)cc3)cc2)CC1. The normalized spacial score (nSPS) is 14.9. The van der Waals surface area contributed by atoms with Gasteiger partial charge in [0.25, 0.3) is 5.91 Å². The van der Waals surface area contributed by atoms with Gasteiger partial charge in [-0.2, -0.15) is 13.2 Å². The summed E-state index contributed by atoms with van der Waals surface area (Å²) in [5, 5.41) is 6.09. The number of nitrogens with zero attached hydrogens (tertiary/aromatic N) is 1. The van der Waals surface area contributed by atoms with Gasteiger partial charge in [-0.05, 0) is 90.9 Å². The average molecular weight is 628 g/mol. The Morgan fingerprint density at radius 2 is 1.48 bits per heavy atom. The molecule has 4 aromatic carbocycles. The topological polar surface area (TPSA) is 61.4 Å². The summed E-state index contributed by atoms with van der Waals surface area (Å²) in [6.45, 7) is 4.44. The largest absolute Gasteiger partial charge is 0.416 e. The first-order valence-corrected chi connectivity index (χ1v) is 16.0. The van der Waals surface area contributed by atoms with Gasteiger partial charge in [-0.1, -0.05) is 92.6 Å². The van der Waals surface area contributed by atoms with Crippen molar-refractivity contribution in [2.24, 2.45) is 0 Å². The Hall–Kier alpha value is -4.43. The van der Waals surface area contributed by atoms with Gasteiger partial charge in [-0.3, -0.25) is 14.5 Å². The maximum atomic E-state index is 13.3. The molecule has 8 heteroatoms. The quantitative estimate of drug-likeness (QED) is 0.163. The number of carbonyl (C=O) groups is 2. The maximum absolute atomic E-state index is 13.3. The van der Waals surface area contributed by atoms with Crippen molar-refractivity contribution in [3.63, 3.8) is 0 Å². The molecule has 0 radical (unpaired) electrons. The van der Waals surface area contributed by atoms with Crippen molar-refractivity contribution < 1.29 is 22.8 Å². The van der Waals surface area contributed by atoms with Crippen molar-refractivity contribution in [1.29, 1.82) is 0 Å². The van der Waals surface area contributed by atoms with Crippen LogP contribution >= 0.6 is 0 Å². The van der Waals surface area contributed by atoms with Crippen molar-refractivity contribution >= 4 is 17.5 Å². The predicted molar refractivity (Wildman–Crippen MR) is 177 cm³/mol. The van der Waals surface area contributed by atoms with E-state index in [9.17, 15) is 22.8 Å². The summed E-state index contributed by atoms with van der Waals surface area (Å²) in [7, 11) is 0. The molecule has 1 heterocycles. The van der Waals surface area contributed by atoms with E-state index in [4.69, 9.17) is 0 Å². The number of anilines is 1. The number of carbonyl (C=O) groups excluding carboxylic acids is 2. The van der Waals surface area contributed by atoms with Gasteiger partial charge >= 0.3 is 6.18 Å². The molecule has 1 atom stereocenters. The number of rotatable bonds is 11. The highest BCUT2D eigenvalue weighted by molar-refractivity contribution is 6.08. The minimum Gasteiger partial charge on any atom is -0.354 e. The van der Waals surface area contributed by atoms with E-state index in [1.54, 1.807) is 24.3 Å². The molecule has 0 saturated carbocycles. The number of halogens is 3. The van der Waals surface area contributed by atoms with Gasteiger partial charge in [0.15, 0.2) is 0 Å². The first-order chi connectivity index (χ1) is 22.2. The second-order valence-corrected chi connectivity index (χ2v) is 11.8. The van der Waals surface area contributed by atoms with E-state index in [-0.39, 0.29) is 17.9 Å². The lowest BCUT2D eigenvalue weighted by Gasteiger charge is -2.37. The van der Waals surface area contributed by atoms with Crippen LogP contribution in [0.1, 0.15) is 78.0 Å². The fourth-order valence-electron chi connectivity index (χ4n) is 6.15. The van der Waals surface area contributed by atoms with Crippen molar-refractivity contribution in [3.05, 3.63) is 125 Å². The first kappa shape index (κ1) is 32.9. The number of amides is 2. The summed E-state index contributed by atoms with van der Waals surface area (Å²) >= 11 is 0. The van der Waals surface area contributed by atoms with E-state index >= 15 is 0 Å². The van der Waals surface area contributed by atoms with Crippen molar-refractivity contribution in [2.75, 3.05) is 25.0 Å². The molecule has 1 fully saturated rings. The summed E-state index contributed by atoms with van der Waals surface area (Å²) < 4.78 is 39.1. The van der Waals surface area contributed by atoms with Crippen LogP contribution in [0.15, 0.2) is 103 Å². The van der Waals surface area contributed by atoms with Crippen LogP contribution in [-0.2, 0) is 11.0 Å². The average Bonchev–Trinajstić information content (AvgIpc) is 3.08. The molecule has 0 bridgehead atoms. The monoisotopic (exact) mass is 627 g/mol. The molecule has 240 valence electrons. The van der Waals surface area contributed by atoms with Crippen molar-refractivity contribution in [3.8, 4) is 11.1 Å². The number of unbranched alkanes of at least 4 members (excludes halogenated alkanes) is 2. The van der Waals surface area contributed by atoms with Crippen LogP contribution in [0.25, 0.3) is 11.1 Å². The Labute approximate surface area is 268 Å². The Morgan fingerprint density at radius 3 is 2.13 bits per heavy atom. The second kappa shape index (κ2) is 15.2. The number of likely N-dealkylation sites (tertiary alicyclic amines) is 1. The molecular formula is C38H40F3N3O2. The summed E-state index contributed by atoms with van der Waals surface area (Å²) in [6, 6.07) is 29.2. The van der Waals surface area contributed by atoms with E-state index in [0.717, 1.165) is 62.9 Å². The Balaban J connectivity index is 1.21. The summed E-state index contributed by atoms with van der Waals surface area (Å²) in [5.74, 6) is 0.0580. The summed E-state index contributed by atoms with van der Waals surface area (Å²) in [6.07, 6.45) is 0.595. The van der Waals surface area contributed by atoms with E-state index < -0.39 is 11.7 Å². The van der Waals surface area contributed by atoms with Crippen LogP contribution in [0.3, 0.4) is 0 Å². The third-order valence-corrected chi connectivity index (χ3v) is 8.67. The second-order valence-electron chi connectivity index (χ2n) is 11.8. The lowest BCUT2D eigenvalue weighted by Crippen LogP contribution is -2.44. The molecule has 0 aliphatic carbocycles. The van der Waals surface area contributed by atoms with Crippen LogP contribution in [0, 0.1) is 0 Å². The van der Waals surface area contributed by atoms with Crippen LogP contribution in [0.5, 0.6) is 0 Å². The number of hydrogen-bond acceptors (Lipinski definition) is 3. The van der Waals surface area contributed by atoms with Crippen molar-refractivity contribution in [1.82, 2.24) is 10.2 Å². The highest BCUT2D eigenvalue weighted by Gasteiger charge is 2.32. The molecule has 1 saturated heterocycles. The molecular weight excluding hydrogens is 587 g/mol. The van der Waals surface area contributed by atoms with Crippen molar-refractivity contribution in [2.45, 2.75) is 57.2 Å². The van der Waals surface area contributed by atoms with Crippen LogP contribution < -0.4 is 10.6 Å². The predicted octanol–water partition coefficient (Wildman–Crippen LogP) is 8.85. The van der Waals surface area contributed by atoms with Gasteiger partial charge in [-0.15, -0.1) is 0 Å².